The van der Waals surface area contributed by atoms with Crippen LogP contribution in [0.5, 0.6) is 0 Å². The lowest BCUT2D eigenvalue weighted by atomic mass is 10.1. The summed E-state index contributed by atoms with van der Waals surface area (Å²) in [5.74, 6) is -0.383. The summed E-state index contributed by atoms with van der Waals surface area (Å²) in [4.78, 5) is 22.8. The maximum atomic E-state index is 11.8. The molecule has 1 aromatic carbocycles. The number of rotatable bonds is 2. The Morgan fingerprint density at radius 3 is 2.88 bits per heavy atom. The molecule has 0 spiro atoms. The van der Waals surface area contributed by atoms with Gasteiger partial charge in [-0.25, -0.2) is 5.43 Å². The van der Waals surface area contributed by atoms with Gasteiger partial charge in [-0.2, -0.15) is 0 Å². The van der Waals surface area contributed by atoms with Gasteiger partial charge in [-0.15, -0.1) is 0 Å². The minimum atomic E-state index is -0.509. The van der Waals surface area contributed by atoms with Gasteiger partial charge < -0.3 is 5.32 Å². The third-order valence-electron chi connectivity index (χ3n) is 2.54. The van der Waals surface area contributed by atoms with E-state index in [4.69, 9.17) is 0 Å². The Labute approximate surface area is 107 Å². The number of anilines is 1. The molecule has 2 rings (SSSR count). The van der Waals surface area contributed by atoms with E-state index in [1.165, 1.54) is 0 Å². The molecule has 1 aliphatic heterocycles. The van der Waals surface area contributed by atoms with Crippen molar-refractivity contribution in [2.45, 2.75) is 19.4 Å². The van der Waals surface area contributed by atoms with Crippen LogP contribution in [0.2, 0.25) is 0 Å². The molecule has 1 saturated heterocycles. The Kier molecular flexibility index (Phi) is 3.44. The average Bonchev–Trinajstić information content (AvgIpc) is 2.69. The van der Waals surface area contributed by atoms with Crippen LogP contribution in [0.4, 0.5) is 5.69 Å². The second kappa shape index (κ2) is 4.85. The molecule has 2 amide bonds. The number of nitrogens with one attached hydrogen (secondary N) is 3. The SMILES string of the molecule is Cc1cc(Br)ccc1NC(=O)C1CC(=O)NN1. The van der Waals surface area contributed by atoms with Gasteiger partial charge in [0.15, 0.2) is 0 Å². The fraction of sp³-hybridized carbons (Fsp3) is 0.273. The van der Waals surface area contributed by atoms with Crippen LogP contribution in [0.15, 0.2) is 22.7 Å². The maximum absolute atomic E-state index is 11.8. The largest absolute Gasteiger partial charge is 0.324 e. The Bertz CT molecular complexity index is 476. The van der Waals surface area contributed by atoms with E-state index in [9.17, 15) is 9.59 Å². The van der Waals surface area contributed by atoms with Crippen LogP contribution in [0.1, 0.15) is 12.0 Å². The average molecular weight is 298 g/mol. The minimum Gasteiger partial charge on any atom is -0.324 e. The van der Waals surface area contributed by atoms with Crippen LogP contribution in [-0.4, -0.2) is 17.9 Å². The van der Waals surface area contributed by atoms with E-state index in [-0.39, 0.29) is 18.2 Å². The molecule has 1 atom stereocenters. The highest BCUT2D eigenvalue weighted by molar-refractivity contribution is 9.10. The molecule has 90 valence electrons. The molecule has 1 heterocycles. The van der Waals surface area contributed by atoms with Gasteiger partial charge in [-0.05, 0) is 30.7 Å². The van der Waals surface area contributed by atoms with Gasteiger partial charge in [0, 0.05) is 10.2 Å². The molecule has 0 aliphatic carbocycles. The summed E-state index contributed by atoms with van der Waals surface area (Å²) in [5, 5.41) is 2.79. The lowest BCUT2D eigenvalue weighted by Gasteiger charge is -2.12. The van der Waals surface area contributed by atoms with Crippen LogP contribution in [0.25, 0.3) is 0 Å². The van der Waals surface area contributed by atoms with E-state index in [1.807, 2.05) is 25.1 Å². The Morgan fingerprint density at radius 1 is 1.53 bits per heavy atom. The number of hydrogen-bond acceptors (Lipinski definition) is 3. The van der Waals surface area contributed by atoms with Crippen LogP contribution in [0, 0.1) is 6.92 Å². The molecule has 0 radical (unpaired) electrons. The maximum Gasteiger partial charge on any atom is 0.243 e. The first-order valence-corrected chi connectivity index (χ1v) is 5.97. The molecule has 0 aromatic heterocycles. The third kappa shape index (κ3) is 2.83. The van der Waals surface area contributed by atoms with Gasteiger partial charge in [-0.1, -0.05) is 15.9 Å². The normalized spacial score (nSPS) is 18.9. The quantitative estimate of drug-likeness (QED) is 0.765. The standard InChI is InChI=1S/C11H12BrN3O2/c1-6-4-7(12)2-3-8(6)13-11(17)9-5-10(16)15-14-9/h2-4,9,14H,5H2,1H3,(H,13,17)(H,15,16). The van der Waals surface area contributed by atoms with Crippen molar-refractivity contribution in [1.29, 1.82) is 0 Å². The fourth-order valence-corrected chi connectivity index (χ4v) is 2.08. The van der Waals surface area contributed by atoms with Gasteiger partial charge in [0.2, 0.25) is 11.8 Å². The number of benzene rings is 1. The number of amides is 2. The summed E-state index contributed by atoms with van der Waals surface area (Å²) in [5.41, 5.74) is 6.75. The Balaban J connectivity index is 2.05. The number of hydrazine groups is 1. The first-order chi connectivity index (χ1) is 8.06. The van der Waals surface area contributed by atoms with E-state index < -0.39 is 6.04 Å². The van der Waals surface area contributed by atoms with Crippen LogP contribution in [-0.2, 0) is 9.59 Å². The lowest BCUT2D eigenvalue weighted by molar-refractivity contribution is -0.121. The van der Waals surface area contributed by atoms with Gasteiger partial charge in [0.25, 0.3) is 0 Å². The molecule has 5 nitrogen and oxygen atoms in total. The number of carbonyl (C=O) groups excluding carboxylic acids is 2. The van der Waals surface area contributed by atoms with Crippen molar-refractivity contribution < 1.29 is 9.59 Å². The van der Waals surface area contributed by atoms with Crippen molar-refractivity contribution in [2.75, 3.05) is 5.32 Å². The van der Waals surface area contributed by atoms with Gasteiger partial charge >= 0.3 is 0 Å². The van der Waals surface area contributed by atoms with Crippen molar-refractivity contribution in [3.05, 3.63) is 28.2 Å². The zero-order chi connectivity index (χ0) is 12.4. The number of carbonyl (C=O) groups is 2. The van der Waals surface area contributed by atoms with E-state index >= 15 is 0 Å². The number of aryl methyl sites for hydroxylation is 1. The van der Waals surface area contributed by atoms with Crippen LogP contribution >= 0.6 is 15.9 Å². The molecule has 3 N–H and O–H groups in total. The molecule has 0 bridgehead atoms. The highest BCUT2D eigenvalue weighted by Crippen LogP contribution is 2.20. The predicted molar refractivity (Wildman–Crippen MR) is 67.2 cm³/mol. The molecular weight excluding hydrogens is 286 g/mol. The molecule has 6 heteroatoms. The molecule has 1 aromatic rings. The first kappa shape index (κ1) is 12.1. The van der Waals surface area contributed by atoms with Crippen molar-refractivity contribution in [1.82, 2.24) is 10.9 Å². The van der Waals surface area contributed by atoms with Gasteiger partial charge in [-0.3, -0.25) is 15.0 Å². The van der Waals surface area contributed by atoms with Crippen molar-refractivity contribution in [2.24, 2.45) is 0 Å². The highest BCUT2D eigenvalue weighted by atomic mass is 79.9. The topological polar surface area (TPSA) is 70.2 Å². The second-order valence-corrected chi connectivity index (χ2v) is 4.81. The molecule has 1 unspecified atom stereocenters. The van der Waals surface area contributed by atoms with Gasteiger partial charge in [0.05, 0.1) is 6.42 Å². The van der Waals surface area contributed by atoms with Gasteiger partial charge in [0.1, 0.15) is 6.04 Å². The van der Waals surface area contributed by atoms with Crippen LogP contribution < -0.4 is 16.2 Å². The highest BCUT2D eigenvalue weighted by Gasteiger charge is 2.27. The first-order valence-electron chi connectivity index (χ1n) is 5.17. The predicted octanol–water partition coefficient (Wildman–Crippen LogP) is 1.09. The molecule has 1 fully saturated rings. The fourth-order valence-electron chi connectivity index (χ4n) is 1.60. The molecule has 17 heavy (non-hydrogen) atoms. The Morgan fingerprint density at radius 2 is 2.29 bits per heavy atom. The van der Waals surface area contributed by atoms with E-state index in [2.05, 4.69) is 32.1 Å². The van der Waals surface area contributed by atoms with E-state index in [0.717, 1.165) is 15.7 Å². The van der Waals surface area contributed by atoms with E-state index in [0.29, 0.717) is 0 Å². The summed E-state index contributed by atoms with van der Waals surface area (Å²) < 4.78 is 0.962. The monoisotopic (exact) mass is 297 g/mol. The Hall–Kier alpha value is -1.40. The minimum absolute atomic E-state index is 0.168. The summed E-state index contributed by atoms with van der Waals surface area (Å²) >= 11 is 3.36. The molecular formula is C11H12BrN3O2. The zero-order valence-corrected chi connectivity index (χ0v) is 10.8. The van der Waals surface area contributed by atoms with Crippen molar-refractivity contribution in [3.8, 4) is 0 Å². The van der Waals surface area contributed by atoms with Crippen molar-refractivity contribution in [3.63, 3.8) is 0 Å². The summed E-state index contributed by atoms with van der Waals surface area (Å²) in [6.45, 7) is 1.91. The summed E-state index contributed by atoms with van der Waals surface area (Å²) in [6, 6.07) is 5.09. The summed E-state index contributed by atoms with van der Waals surface area (Å²) in [6.07, 6.45) is 0.168. The molecule has 0 saturated carbocycles. The lowest BCUT2D eigenvalue weighted by Crippen LogP contribution is -2.39. The summed E-state index contributed by atoms with van der Waals surface area (Å²) in [7, 11) is 0. The molecule has 1 aliphatic rings. The van der Waals surface area contributed by atoms with E-state index in [1.54, 1.807) is 0 Å². The third-order valence-corrected chi connectivity index (χ3v) is 3.03. The number of halogens is 1. The van der Waals surface area contributed by atoms with Crippen molar-refractivity contribution >= 4 is 33.4 Å². The second-order valence-electron chi connectivity index (χ2n) is 3.90. The zero-order valence-electron chi connectivity index (χ0n) is 9.21. The number of hydrogen-bond donors (Lipinski definition) is 3. The smallest absolute Gasteiger partial charge is 0.243 e. The van der Waals surface area contributed by atoms with Crippen LogP contribution in [0.3, 0.4) is 0 Å².